The normalized spacial score (nSPS) is 34.1. The Hall–Kier alpha value is -0.650. The Bertz CT molecular complexity index is 280. The van der Waals surface area contributed by atoms with Gasteiger partial charge in [-0.2, -0.15) is 0 Å². The zero-order valence-electron chi connectivity index (χ0n) is 9.94. The molecule has 0 saturated carbocycles. The minimum absolute atomic E-state index is 0.110. The second-order valence-corrected chi connectivity index (χ2v) is 5.16. The first-order valence-corrected chi connectivity index (χ1v) is 5.75. The molecule has 2 fully saturated rings. The lowest BCUT2D eigenvalue weighted by Gasteiger charge is -2.43. The van der Waals surface area contributed by atoms with Crippen LogP contribution in [0.4, 0.5) is 0 Å². The van der Waals surface area contributed by atoms with Crippen molar-refractivity contribution in [1.29, 1.82) is 0 Å². The van der Waals surface area contributed by atoms with Crippen LogP contribution in [0.3, 0.4) is 0 Å². The topological polar surface area (TPSA) is 64.8 Å². The second-order valence-electron chi connectivity index (χ2n) is 5.16. The molecular weight excluding hydrogens is 208 g/mol. The number of morpholine rings is 1. The van der Waals surface area contributed by atoms with E-state index in [9.17, 15) is 4.79 Å². The van der Waals surface area contributed by atoms with Crippen molar-refractivity contribution in [2.45, 2.75) is 25.4 Å². The number of nitrogens with zero attached hydrogens (tertiary/aromatic N) is 1. The van der Waals surface area contributed by atoms with Crippen LogP contribution in [0.15, 0.2) is 0 Å². The number of hydrogen-bond acceptors (Lipinski definition) is 4. The molecule has 2 aliphatic heterocycles. The fourth-order valence-electron chi connectivity index (χ4n) is 2.29. The summed E-state index contributed by atoms with van der Waals surface area (Å²) < 4.78 is 10.6. The molecule has 0 radical (unpaired) electrons. The number of ether oxygens (including phenoxy) is 2. The van der Waals surface area contributed by atoms with E-state index in [1.165, 1.54) is 0 Å². The molecule has 0 aromatic rings. The molecule has 1 amide bonds. The molecule has 0 bridgehead atoms. The molecule has 16 heavy (non-hydrogen) atoms. The molecule has 0 aromatic carbocycles. The lowest BCUT2D eigenvalue weighted by atomic mass is 9.96. The Balaban J connectivity index is 2.08. The van der Waals surface area contributed by atoms with Crippen LogP contribution in [0.5, 0.6) is 0 Å². The highest BCUT2D eigenvalue weighted by atomic mass is 16.5. The summed E-state index contributed by atoms with van der Waals surface area (Å²) in [5, 5.41) is 0. The minimum Gasteiger partial charge on any atom is -0.379 e. The van der Waals surface area contributed by atoms with Gasteiger partial charge < -0.3 is 20.1 Å². The fourth-order valence-corrected chi connectivity index (χ4v) is 2.29. The quantitative estimate of drug-likeness (QED) is 0.663. The van der Waals surface area contributed by atoms with Gasteiger partial charge in [0.2, 0.25) is 5.91 Å². The van der Waals surface area contributed by atoms with E-state index < -0.39 is 0 Å². The van der Waals surface area contributed by atoms with Crippen molar-refractivity contribution in [2.75, 3.05) is 33.0 Å². The number of hydrogen-bond donors (Lipinski definition) is 1. The zero-order valence-corrected chi connectivity index (χ0v) is 9.94. The summed E-state index contributed by atoms with van der Waals surface area (Å²) in [4.78, 5) is 14.2. The predicted molar refractivity (Wildman–Crippen MR) is 58.9 cm³/mol. The number of carbonyl (C=O) groups excluding carboxylic acids is 1. The van der Waals surface area contributed by atoms with Crippen LogP contribution in [0.2, 0.25) is 0 Å². The van der Waals surface area contributed by atoms with Crippen molar-refractivity contribution < 1.29 is 14.3 Å². The largest absolute Gasteiger partial charge is 0.379 e. The Labute approximate surface area is 95.9 Å². The third kappa shape index (κ3) is 2.07. The average molecular weight is 228 g/mol. The standard InChI is InChI=1S/C11H20N2O3/c1-11(2)7-15-4-3-13(11)10(14)8-5-16-6-9(8)12/h8-9H,3-7,12H2,1-2H3. The van der Waals surface area contributed by atoms with E-state index >= 15 is 0 Å². The molecule has 5 heteroatoms. The van der Waals surface area contributed by atoms with Gasteiger partial charge in [-0.1, -0.05) is 0 Å². The van der Waals surface area contributed by atoms with E-state index in [0.717, 1.165) is 0 Å². The summed E-state index contributed by atoms with van der Waals surface area (Å²) in [6.45, 7) is 6.82. The monoisotopic (exact) mass is 228 g/mol. The zero-order chi connectivity index (χ0) is 11.8. The number of amides is 1. The summed E-state index contributed by atoms with van der Waals surface area (Å²) >= 11 is 0. The van der Waals surface area contributed by atoms with Crippen molar-refractivity contribution in [3.8, 4) is 0 Å². The molecule has 2 rings (SSSR count). The van der Waals surface area contributed by atoms with Crippen LogP contribution < -0.4 is 5.73 Å². The lowest BCUT2D eigenvalue weighted by Crippen LogP contribution is -2.58. The first-order chi connectivity index (χ1) is 7.52. The highest BCUT2D eigenvalue weighted by molar-refractivity contribution is 5.81. The van der Waals surface area contributed by atoms with Crippen LogP contribution in [0.25, 0.3) is 0 Å². The van der Waals surface area contributed by atoms with E-state index in [1.807, 2.05) is 18.7 Å². The number of rotatable bonds is 1. The summed E-state index contributed by atoms with van der Waals surface area (Å²) in [6, 6.07) is -0.161. The summed E-state index contributed by atoms with van der Waals surface area (Å²) in [5.41, 5.74) is 5.63. The molecular formula is C11H20N2O3. The van der Waals surface area contributed by atoms with E-state index in [0.29, 0.717) is 33.0 Å². The molecule has 0 spiro atoms. The SMILES string of the molecule is CC1(C)COCCN1C(=O)C1COCC1N. The van der Waals surface area contributed by atoms with Crippen LogP contribution in [-0.4, -0.2) is 55.4 Å². The smallest absolute Gasteiger partial charge is 0.230 e. The second kappa shape index (κ2) is 4.31. The van der Waals surface area contributed by atoms with Crippen LogP contribution >= 0.6 is 0 Å². The van der Waals surface area contributed by atoms with E-state index in [1.54, 1.807) is 0 Å². The molecule has 5 nitrogen and oxygen atoms in total. The van der Waals surface area contributed by atoms with Gasteiger partial charge in [0.1, 0.15) is 0 Å². The predicted octanol–water partition coefficient (Wildman–Crippen LogP) is -0.402. The minimum atomic E-state index is -0.238. The third-order valence-electron chi connectivity index (χ3n) is 3.35. The van der Waals surface area contributed by atoms with Gasteiger partial charge in [-0.05, 0) is 13.8 Å². The number of nitrogens with two attached hydrogens (primary N) is 1. The summed E-state index contributed by atoms with van der Waals surface area (Å²) in [7, 11) is 0. The van der Waals surface area contributed by atoms with E-state index in [2.05, 4.69) is 0 Å². The highest BCUT2D eigenvalue weighted by Gasteiger charge is 2.41. The Morgan fingerprint density at radius 1 is 1.38 bits per heavy atom. The van der Waals surface area contributed by atoms with Gasteiger partial charge in [0.15, 0.2) is 0 Å². The van der Waals surface area contributed by atoms with Crippen molar-refractivity contribution in [1.82, 2.24) is 4.90 Å². The van der Waals surface area contributed by atoms with Crippen LogP contribution in [0.1, 0.15) is 13.8 Å². The molecule has 2 unspecified atom stereocenters. The molecule has 2 heterocycles. The van der Waals surface area contributed by atoms with Crippen molar-refractivity contribution in [2.24, 2.45) is 11.7 Å². The van der Waals surface area contributed by atoms with Crippen molar-refractivity contribution in [3.63, 3.8) is 0 Å². The van der Waals surface area contributed by atoms with Crippen molar-refractivity contribution >= 4 is 5.91 Å². The first-order valence-electron chi connectivity index (χ1n) is 5.75. The summed E-state index contributed by atoms with van der Waals surface area (Å²) in [5.74, 6) is -0.0734. The molecule has 2 aliphatic rings. The first kappa shape index (κ1) is 11.8. The third-order valence-corrected chi connectivity index (χ3v) is 3.35. The fraction of sp³-hybridized carbons (Fsp3) is 0.909. The average Bonchev–Trinajstić information content (AvgIpc) is 2.63. The molecule has 92 valence electrons. The van der Waals surface area contributed by atoms with Gasteiger partial charge in [-0.25, -0.2) is 0 Å². The maximum Gasteiger partial charge on any atom is 0.230 e. The maximum atomic E-state index is 12.3. The Kier molecular flexibility index (Phi) is 3.19. The molecule has 0 aromatic heterocycles. The van der Waals surface area contributed by atoms with Gasteiger partial charge in [0.05, 0.1) is 37.9 Å². The van der Waals surface area contributed by atoms with Crippen LogP contribution in [-0.2, 0) is 14.3 Å². The lowest BCUT2D eigenvalue weighted by molar-refractivity contribution is -0.151. The van der Waals surface area contributed by atoms with Crippen molar-refractivity contribution in [3.05, 3.63) is 0 Å². The van der Waals surface area contributed by atoms with Gasteiger partial charge >= 0.3 is 0 Å². The molecule has 2 atom stereocenters. The molecule has 0 aliphatic carbocycles. The van der Waals surface area contributed by atoms with Gasteiger partial charge in [0.25, 0.3) is 0 Å². The van der Waals surface area contributed by atoms with E-state index in [4.69, 9.17) is 15.2 Å². The summed E-state index contributed by atoms with van der Waals surface area (Å²) in [6.07, 6.45) is 0. The Morgan fingerprint density at radius 3 is 2.69 bits per heavy atom. The van der Waals surface area contributed by atoms with Crippen LogP contribution in [0, 0.1) is 5.92 Å². The molecule has 2 saturated heterocycles. The Morgan fingerprint density at radius 2 is 2.12 bits per heavy atom. The highest BCUT2D eigenvalue weighted by Crippen LogP contribution is 2.24. The van der Waals surface area contributed by atoms with Gasteiger partial charge in [-0.15, -0.1) is 0 Å². The maximum absolute atomic E-state index is 12.3. The number of carbonyl (C=O) groups is 1. The van der Waals surface area contributed by atoms with Gasteiger partial charge in [-0.3, -0.25) is 4.79 Å². The van der Waals surface area contributed by atoms with E-state index in [-0.39, 0.29) is 23.4 Å². The van der Waals surface area contributed by atoms with Gasteiger partial charge in [0, 0.05) is 12.6 Å². The molecule has 2 N–H and O–H groups in total.